The standard InChI is InChI=1S/C11H21N3O2/c1-2-9-11(16)13-10(15)8-14(9)7-5-3-4-6-12/h9H,2-8,12H2,1H3,(H,13,15,16). The van der Waals surface area contributed by atoms with Gasteiger partial charge < -0.3 is 5.73 Å². The van der Waals surface area contributed by atoms with Gasteiger partial charge in [0.05, 0.1) is 12.6 Å². The number of imide groups is 1. The first kappa shape index (κ1) is 13.1. The van der Waals surface area contributed by atoms with Crippen LogP contribution in [0.1, 0.15) is 32.6 Å². The van der Waals surface area contributed by atoms with Gasteiger partial charge in [0.15, 0.2) is 0 Å². The van der Waals surface area contributed by atoms with Gasteiger partial charge in [-0.1, -0.05) is 13.3 Å². The Balaban J connectivity index is 2.41. The second-order valence-corrected chi connectivity index (χ2v) is 4.16. The van der Waals surface area contributed by atoms with Crippen molar-refractivity contribution in [3.63, 3.8) is 0 Å². The Morgan fingerprint density at radius 3 is 2.75 bits per heavy atom. The number of carbonyl (C=O) groups excluding carboxylic acids is 2. The highest BCUT2D eigenvalue weighted by molar-refractivity contribution is 6.01. The van der Waals surface area contributed by atoms with E-state index in [0.29, 0.717) is 13.1 Å². The lowest BCUT2D eigenvalue weighted by atomic mass is 10.1. The summed E-state index contributed by atoms with van der Waals surface area (Å²) in [5, 5.41) is 2.37. The second kappa shape index (κ2) is 6.60. The quantitative estimate of drug-likeness (QED) is 0.489. The van der Waals surface area contributed by atoms with Crippen LogP contribution in [0.15, 0.2) is 0 Å². The molecule has 1 aliphatic rings. The van der Waals surface area contributed by atoms with Crippen LogP contribution >= 0.6 is 0 Å². The summed E-state index contributed by atoms with van der Waals surface area (Å²) < 4.78 is 0. The molecule has 1 atom stereocenters. The maximum absolute atomic E-state index is 11.5. The van der Waals surface area contributed by atoms with E-state index in [-0.39, 0.29) is 17.9 Å². The largest absolute Gasteiger partial charge is 0.330 e. The Morgan fingerprint density at radius 1 is 1.38 bits per heavy atom. The zero-order valence-corrected chi connectivity index (χ0v) is 9.87. The number of hydrogen-bond donors (Lipinski definition) is 2. The van der Waals surface area contributed by atoms with E-state index in [0.717, 1.165) is 32.2 Å². The molecule has 1 aliphatic heterocycles. The second-order valence-electron chi connectivity index (χ2n) is 4.16. The number of piperazine rings is 1. The third-order valence-corrected chi connectivity index (χ3v) is 2.89. The van der Waals surface area contributed by atoms with Gasteiger partial charge in [-0.2, -0.15) is 0 Å². The lowest BCUT2D eigenvalue weighted by Gasteiger charge is -2.33. The SMILES string of the molecule is CCC1C(=O)NC(=O)CN1CCCCCN. The van der Waals surface area contributed by atoms with E-state index in [4.69, 9.17) is 5.73 Å². The monoisotopic (exact) mass is 227 g/mol. The molecule has 5 heteroatoms. The predicted molar refractivity (Wildman–Crippen MR) is 61.7 cm³/mol. The van der Waals surface area contributed by atoms with Crippen LogP contribution in [0.2, 0.25) is 0 Å². The minimum atomic E-state index is -0.187. The van der Waals surface area contributed by atoms with Crippen LogP contribution in [-0.4, -0.2) is 42.4 Å². The van der Waals surface area contributed by atoms with Gasteiger partial charge >= 0.3 is 0 Å². The number of nitrogens with two attached hydrogens (primary N) is 1. The third-order valence-electron chi connectivity index (χ3n) is 2.89. The first-order chi connectivity index (χ1) is 7.69. The number of unbranched alkanes of at least 4 members (excludes halogenated alkanes) is 2. The van der Waals surface area contributed by atoms with Crippen molar-refractivity contribution in [2.24, 2.45) is 5.73 Å². The minimum absolute atomic E-state index is 0.143. The number of rotatable bonds is 6. The molecule has 92 valence electrons. The van der Waals surface area contributed by atoms with Gasteiger partial charge in [-0.3, -0.25) is 19.8 Å². The van der Waals surface area contributed by atoms with E-state index in [2.05, 4.69) is 5.32 Å². The van der Waals surface area contributed by atoms with E-state index in [1.807, 2.05) is 11.8 Å². The maximum Gasteiger partial charge on any atom is 0.243 e. The van der Waals surface area contributed by atoms with Gasteiger partial charge in [0.1, 0.15) is 0 Å². The fourth-order valence-corrected chi connectivity index (χ4v) is 2.04. The van der Waals surface area contributed by atoms with Gasteiger partial charge in [0.2, 0.25) is 11.8 Å². The van der Waals surface area contributed by atoms with Crippen LogP contribution in [-0.2, 0) is 9.59 Å². The normalized spacial score (nSPS) is 22.2. The number of nitrogens with zero attached hydrogens (tertiary/aromatic N) is 1. The molecule has 1 saturated heterocycles. The molecule has 0 saturated carbocycles. The molecule has 1 rings (SSSR count). The smallest absolute Gasteiger partial charge is 0.243 e. The number of amides is 2. The molecule has 1 heterocycles. The first-order valence-corrected chi connectivity index (χ1v) is 5.96. The Labute approximate surface area is 96.4 Å². The molecule has 0 spiro atoms. The summed E-state index contributed by atoms with van der Waals surface area (Å²) in [6.07, 6.45) is 3.80. The summed E-state index contributed by atoms with van der Waals surface area (Å²) >= 11 is 0. The van der Waals surface area contributed by atoms with Crippen molar-refractivity contribution >= 4 is 11.8 Å². The zero-order valence-electron chi connectivity index (χ0n) is 9.87. The van der Waals surface area contributed by atoms with Crippen molar-refractivity contribution < 1.29 is 9.59 Å². The summed E-state index contributed by atoms with van der Waals surface area (Å²) in [4.78, 5) is 24.8. The first-order valence-electron chi connectivity index (χ1n) is 5.96. The van der Waals surface area contributed by atoms with E-state index in [1.165, 1.54) is 0 Å². The van der Waals surface area contributed by atoms with Crippen molar-refractivity contribution in [1.82, 2.24) is 10.2 Å². The molecule has 3 N–H and O–H groups in total. The van der Waals surface area contributed by atoms with Gasteiger partial charge in [0, 0.05) is 0 Å². The van der Waals surface area contributed by atoms with Gasteiger partial charge in [-0.05, 0) is 32.4 Å². The number of nitrogens with one attached hydrogen (secondary N) is 1. The Kier molecular flexibility index (Phi) is 5.42. The summed E-state index contributed by atoms with van der Waals surface area (Å²) in [6.45, 7) is 3.81. The van der Waals surface area contributed by atoms with E-state index in [1.54, 1.807) is 0 Å². The molecule has 0 radical (unpaired) electrons. The van der Waals surface area contributed by atoms with Crippen molar-refractivity contribution in [2.75, 3.05) is 19.6 Å². The van der Waals surface area contributed by atoms with Crippen molar-refractivity contribution in [3.8, 4) is 0 Å². The molecule has 5 nitrogen and oxygen atoms in total. The molecule has 0 aromatic heterocycles. The average molecular weight is 227 g/mol. The fourth-order valence-electron chi connectivity index (χ4n) is 2.04. The molecule has 0 aromatic rings. The zero-order chi connectivity index (χ0) is 12.0. The molecule has 0 aromatic carbocycles. The highest BCUT2D eigenvalue weighted by Gasteiger charge is 2.31. The Bertz CT molecular complexity index is 256. The van der Waals surface area contributed by atoms with E-state index < -0.39 is 0 Å². The topological polar surface area (TPSA) is 75.4 Å². The molecule has 16 heavy (non-hydrogen) atoms. The predicted octanol–water partition coefficient (Wildman–Crippen LogP) is -0.148. The fraction of sp³-hybridized carbons (Fsp3) is 0.818. The Hall–Kier alpha value is -0.940. The average Bonchev–Trinajstić information content (AvgIpc) is 2.24. The Morgan fingerprint density at radius 2 is 2.12 bits per heavy atom. The van der Waals surface area contributed by atoms with Crippen LogP contribution in [0.5, 0.6) is 0 Å². The molecule has 0 aliphatic carbocycles. The summed E-state index contributed by atoms with van der Waals surface area (Å²) in [6, 6.07) is -0.143. The van der Waals surface area contributed by atoms with E-state index >= 15 is 0 Å². The van der Waals surface area contributed by atoms with Crippen molar-refractivity contribution in [2.45, 2.75) is 38.6 Å². The van der Waals surface area contributed by atoms with Crippen LogP contribution in [0.4, 0.5) is 0 Å². The van der Waals surface area contributed by atoms with Crippen LogP contribution < -0.4 is 11.1 Å². The lowest BCUT2D eigenvalue weighted by Crippen LogP contribution is -2.57. The molecule has 1 unspecified atom stereocenters. The lowest BCUT2D eigenvalue weighted by molar-refractivity contribution is -0.140. The number of hydrogen-bond acceptors (Lipinski definition) is 4. The molecular formula is C11H21N3O2. The highest BCUT2D eigenvalue weighted by atomic mass is 16.2. The summed E-state index contributed by atoms with van der Waals surface area (Å²) in [5.74, 6) is -0.342. The van der Waals surface area contributed by atoms with E-state index in [9.17, 15) is 9.59 Å². The van der Waals surface area contributed by atoms with Crippen molar-refractivity contribution in [1.29, 1.82) is 0 Å². The van der Waals surface area contributed by atoms with Crippen molar-refractivity contribution in [3.05, 3.63) is 0 Å². The van der Waals surface area contributed by atoms with Gasteiger partial charge in [-0.25, -0.2) is 0 Å². The third kappa shape index (κ3) is 3.57. The molecule has 2 amide bonds. The van der Waals surface area contributed by atoms with Crippen LogP contribution in [0.25, 0.3) is 0 Å². The number of carbonyl (C=O) groups is 2. The molecular weight excluding hydrogens is 206 g/mol. The van der Waals surface area contributed by atoms with Crippen LogP contribution in [0, 0.1) is 0 Å². The summed E-state index contributed by atoms with van der Waals surface area (Å²) in [7, 11) is 0. The van der Waals surface area contributed by atoms with Crippen LogP contribution in [0.3, 0.4) is 0 Å². The highest BCUT2D eigenvalue weighted by Crippen LogP contribution is 2.10. The summed E-state index contributed by atoms with van der Waals surface area (Å²) in [5.41, 5.74) is 5.41. The molecule has 0 bridgehead atoms. The minimum Gasteiger partial charge on any atom is -0.330 e. The van der Waals surface area contributed by atoms with Gasteiger partial charge in [0.25, 0.3) is 0 Å². The molecule has 1 fully saturated rings. The van der Waals surface area contributed by atoms with Gasteiger partial charge in [-0.15, -0.1) is 0 Å². The maximum atomic E-state index is 11.5.